The molecule has 0 amide bonds. The topological polar surface area (TPSA) is 61.1 Å². The van der Waals surface area contributed by atoms with Crippen molar-refractivity contribution in [2.24, 2.45) is 0 Å². The van der Waals surface area contributed by atoms with Crippen molar-refractivity contribution in [1.29, 1.82) is 0 Å². The molecule has 4 nitrogen and oxygen atoms in total. The zero-order valence-corrected chi connectivity index (χ0v) is 11.5. The van der Waals surface area contributed by atoms with Crippen LogP contribution in [0, 0.1) is 0 Å². The Bertz CT molecular complexity index is 469. The van der Waals surface area contributed by atoms with Gasteiger partial charge in [0.05, 0.1) is 0 Å². The van der Waals surface area contributed by atoms with E-state index in [1.165, 1.54) is 12.0 Å². The number of hydrogen-bond donors (Lipinski definition) is 0. The molecule has 0 aliphatic rings. The summed E-state index contributed by atoms with van der Waals surface area (Å²) in [7, 11) is -6.09. The summed E-state index contributed by atoms with van der Waals surface area (Å²) in [5.41, 5.74) is -4.23. The molecule has 1 rings (SSSR count). The first-order chi connectivity index (χ1) is 8.61. The lowest BCUT2D eigenvalue weighted by molar-refractivity contribution is -0.697. The van der Waals surface area contributed by atoms with E-state index < -0.39 is 15.6 Å². The second kappa shape index (κ2) is 7.44. The van der Waals surface area contributed by atoms with E-state index in [1.54, 1.807) is 0 Å². The van der Waals surface area contributed by atoms with Crippen molar-refractivity contribution < 1.29 is 30.7 Å². The highest BCUT2D eigenvalue weighted by molar-refractivity contribution is 7.86. The first-order valence-electron chi connectivity index (χ1n) is 5.62. The van der Waals surface area contributed by atoms with E-state index in [4.69, 9.17) is 13.0 Å². The Hall–Kier alpha value is -1.15. The van der Waals surface area contributed by atoms with E-state index in [2.05, 4.69) is 42.9 Å². The zero-order valence-electron chi connectivity index (χ0n) is 10.6. The highest BCUT2D eigenvalue weighted by Gasteiger charge is 2.36. The monoisotopic (exact) mass is 299 g/mol. The minimum Gasteiger partial charge on any atom is -0.741 e. The van der Waals surface area contributed by atoms with Crippen molar-refractivity contribution in [3.05, 3.63) is 30.1 Å². The summed E-state index contributed by atoms with van der Waals surface area (Å²) >= 11 is 0. The highest BCUT2D eigenvalue weighted by atomic mass is 32.2. The predicted octanol–water partition coefficient (Wildman–Crippen LogP) is 2.00. The lowest BCUT2D eigenvalue weighted by Gasteiger charge is -2.08. The molecule has 0 atom stereocenters. The van der Waals surface area contributed by atoms with Crippen LogP contribution < -0.4 is 4.57 Å². The van der Waals surface area contributed by atoms with Crippen LogP contribution in [0.1, 0.15) is 25.8 Å². The molecule has 0 aromatic carbocycles. The summed E-state index contributed by atoms with van der Waals surface area (Å²) in [4.78, 5) is 0. The van der Waals surface area contributed by atoms with Gasteiger partial charge in [-0.15, -0.1) is 0 Å². The number of pyridine rings is 1. The molecule has 8 heteroatoms. The molecule has 0 fully saturated rings. The maximum Gasteiger partial charge on any atom is 0.485 e. The standard InChI is InChI=1S/C10H16N.CHF3O3S/c1-3-7-11-8-5-10(4-2)6-9-11;2-1(3,4)8(5,6)7/h5-6,8-9H,3-4,7H2,1-2H3;(H,5,6,7)/q+1;/p-1. The molecule has 1 heterocycles. The van der Waals surface area contributed by atoms with Crippen LogP contribution in [-0.4, -0.2) is 18.5 Å². The molecule has 0 saturated carbocycles. The predicted molar refractivity (Wildman–Crippen MR) is 62.1 cm³/mol. The maximum atomic E-state index is 10.7. The number of nitrogens with zero attached hydrogens (tertiary/aromatic N) is 1. The first kappa shape index (κ1) is 17.8. The summed E-state index contributed by atoms with van der Waals surface area (Å²) < 4.78 is 61.1. The number of rotatable bonds is 3. The molecule has 0 saturated heterocycles. The number of halogens is 3. The molecule has 19 heavy (non-hydrogen) atoms. The normalized spacial score (nSPS) is 11.7. The SMILES string of the molecule is CCC[n+]1ccc(CC)cc1.O=S(=O)([O-])C(F)(F)F. The molecule has 0 aliphatic heterocycles. The second-order valence-electron chi connectivity index (χ2n) is 3.70. The molecular formula is C11H16F3NO3S. The Morgan fingerprint density at radius 3 is 1.89 bits per heavy atom. The molecule has 0 aliphatic carbocycles. The molecule has 0 N–H and O–H groups in total. The quantitative estimate of drug-likeness (QED) is 0.487. The summed E-state index contributed by atoms with van der Waals surface area (Å²) in [6.07, 6.45) is 6.65. The number of alkyl halides is 3. The summed E-state index contributed by atoms with van der Waals surface area (Å²) in [5.74, 6) is 0. The van der Waals surface area contributed by atoms with Crippen LogP contribution in [-0.2, 0) is 23.1 Å². The van der Waals surface area contributed by atoms with Crippen LogP contribution in [0.4, 0.5) is 13.2 Å². The largest absolute Gasteiger partial charge is 0.741 e. The third-order valence-electron chi connectivity index (χ3n) is 2.13. The van der Waals surface area contributed by atoms with Crippen molar-refractivity contribution in [3.8, 4) is 0 Å². The third-order valence-corrected chi connectivity index (χ3v) is 2.70. The Labute approximate surface area is 110 Å². The maximum absolute atomic E-state index is 10.7. The van der Waals surface area contributed by atoms with Gasteiger partial charge >= 0.3 is 5.51 Å². The fourth-order valence-corrected chi connectivity index (χ4v) is 1.13. The summed E-state index contributed by atoms with van der Waals surface area (Å²) in [6, 6.07) is 4.38. The number of aryl methyl sites for hydroxylation is 2. The van der Waals surface area contributed by atoms with Gasteiger partial charge in [-0.1, -0.05) is 13.8 Å². The van der Waals surface area contributed by atoms with Gasteiger partial charge in [0.25, 0.3) is 0 Å². The van der Waals surface area contributed by atoms with Gasteiger partial charge in [-0.25, -0.2) is 13.0 Å². The lowest BCUT2D eigenvalue weighted by Crippen LogP contribution is -2.32. The van der Waals surface area contributed by atoms with Crippen molar-refractivity contribution in [2.75, 3.05) is 0 Å². The second-order valence-corrected chi connectivity index (χ2v) is 5.07. The van der Waals surface area contributed by atoms with E-state index in [9.17, 15) is 13.2 Å². The fourth-order valence-electron chi connectivity index (χ4n) is 1.13. The van der Waals surface area contributed by atoms with Gasteiger partial charge in [-0.3, -0.25) is 0 Å². The minimum absolute atomic E-state index is 1.13. The van der Waals surface area contributed by atoms with Crippen molar-refractivity contribution in [1.82, 2.24) is 0 Å². The van der Waals surface area contributed by atoms with Gasteiger partial charge in [0, 0.05) is 18.6 Å². The molecule has 1 aromatic rings. The van der Waals surface area contributed by atoms with E-state index in [0.717, 1.165) is 13.0 Å². The highest BCUT2D eigenvalue weighted by Crippen LogP contribution is 2.20. The van der Waals surface area contributed by atoms with Crippen LogP contribution >= 0.6 is 0 Å². The average Bonchev–Trinajstić information content (AvgIpc) is 2.29. The molecule has 0 spiro atoms. The van der Waals surface area contributed by atoms with Gasteiger partial charge in [-0.05, 0) is 12.0 Å². The molecular weight excluding hydrogens is 283 g/mol. The summed E-state index contributed by atoms with van der Waals surface area (Å²) in [6.45, 7) is 5.50. The van der Waals surface area contributed by atoms with Crippen LogP contribution in [0.15, 0.2) is 24.5 Å². The Kier molecular flexibility index (Phi) is 6.99. The van der Waals surface area contributed by atoms with Crippen LogP contribution in [0.25, 0.3) is 0 Å². The van der Waals surface area contributed by atoms with Crippen molar-refractivity contribution in [2.45, 2.75) is 38.7 Å². The van der Waals surface area contributed by atoms with Crippen molar-refractivity contribution in [3.63, 3.8) is 0 Å². The Morgan fingerprint density at radius 1 is 1.21 bits per heavy atom. The fraction of sp³-hybridized carbons (Fsp3) is 0.545. The van der Waals surface area contributed by atoms with Crippen LogP contribution in [0.3, 0.4) is 0 Å². The van der Waals surface area contributed by atoms with Gasteiger partial charge < -0.3 is 4.55 Å². The average molecular weight is 299 g/mol. The number of aromatic nitrogens is 1. The zero-order chi connectivity index (χ0) is 15.1. The summed E-state index contributed by atoms with van der Waals surface area (Å²) in [5, 5.41) is 0. The van der Waals surface area contributed by atoms with Crippen molar-refractivity contribution >= 4 is 10.1 Å². The Morgan fingerprint density at radius 2 is 1.63 bits per heavy atom. The number of hydrogen-bond acceptors (Lipinski definition) is 3. The van der Waals surface area contributed by atoms with Gasteiger partial charge in [0.15, 0.2) is 22.5 Å². The van der Waals surface area contributed by atoms with Gasteiger partial charge in [-0.2, -0.15) is 13.2 Å². The van der Waals surface area contributed by atoms with Crippen LogP contribution in [0.2, 0.25) is 0 Å². The smallest absolute Gasteiger partial charge is 0.485 e. The third kappa shape index (κ3) is 7.12. The molecule has 1 aromatic heterocycles. The van der Waals surface area contributed by atoms with E-state index >= 15 is 0 Å². The Balaban J connectivity index is 0.000000362. The molecule has 0 unspecified atom stereocenters. The van der Waals surface area contributed by atoms with E-state index in [-0.39, 0.29) is 0 Å². The lowest BCUT2D eigenvalue weighted by atomic mass is 10.2. The molecule has 0 radical (unpaired) electrons. The molecule has 110 valence electrons. The van der Waals surface area contributed by atoms with Gasteiger partial charge in [0.1, 0.15) is 6.54 Å². The molecule has 0 bridgehead atoms. The first-order valence-corrected chi connectivity index (χ1v) is 7.02. The van der Waals surface area contributed by atoms with Gasteiger partial charge in [0.2, 0.25) is 0 Å². The minimum atomic E-state index is -6.09. The van der Waals surface area contributed by atoms with E-state index in [0.29, 0.717) is 0 Å². The van der Waals surface area contributed by atoms with Crippen LogP contribution in [0.5, 0.6) is 0 Å². The van der Waals surface area contributed by atoms with E-state index in [1.807, 2.05) is 0 Å².